The van der Waals surface area contributed by atoms with Crippen molar-refractivity contribution in [1.82, 2.24) is 15.1 Å². The lowest BCUT2D eigenvalue weighted by molar-refractivity contribution is -0.286. The van der Waals surface area contributed by atoms with E-state index in [4.69, 9.17) is 14.2 Å². The van der Waals surface area contributed by atoms with Crippen LogP contribution in [0.15, 0.2) is 53.5 Å². The van der Waals surface area contributed by atoms with Crippen LogP contribution < -0.4 is 34.6 Å². The number of fused-ring (bicyclic) bond motifs is 3. The van der Waals surface area contributed by atoms with Gasteiger partial charge < -0.3 is 29.0 Å². The lowest BCUT2D eigenvalue weighted by Gasteiger charge is -2.34. The van der Waals surface area contributed by atoms with Gasteiger partial charge in [0.1, 0.15) is 35.4 Å². The molecule has 1 N–H and O–H groups in total. The van der Waals surface area contributed by atoms with E-state index in [0.717, 1.165) is 5.56 Å². The zero-order chi connectivity index (χ0) is 26.7. The van der Waals surface area contributed by atoms with Crippen LogP contribution in [0, 0.1) is 0 Å². The summed E-state index contributed by atoms with van der Waals surface area (Å²) in [5, 5.41) is 7.19. The molecule has 3 atom stereocenters. The number of ether oxygens (including phenoxy) is 5. The third kappa shape index (κ3) is 4.05. The normalized spacial score (nSPS) is 24.0. The van der Waals surface area contributed by atoms with Crippen molar-refractivity contribution in [2.45, 2.75) is 43.7 Å². The van der Waals surface area contributed by atoms with Gasteiger partial charge in [-0.3, -0.25) is 9.59 Å². The number of carbonyl (C=O) groups excluding carboxylic acids is 1. The molecule has 0 fully saturated rings. The van der Waals surface area contributed by atoms with E-state index in [1.165, 1.54) is 36.2 Å². The molecule has 38 heavy (non-hydrogen) atoms. The van der Waals surface area contributed by atoms with Crippen molar-refractivity contribution in [3.63, 3.8) is 0 Å². The average molecular weight is 527 g/mol. The minimum absolute atomic E-state index is 0.00109. The maximum absolute atomic E-state index is 13.7. The molecule has 3 aliphatic heterocycles. The van der Waals surface area contributed by atoms with Gasteiger partial charge in [0.05, 0.1) is 19.7 Å². The average Bonchev–Trinajstić information content (AvgIpc) is 3.38. The van der Waals surface area contributed by atoms with E-state index >= 15 is 0 Å². The molecule has 0 unspecified atom stereocenters. The van der Waals surface area contributed by atoms with Crippen molar-refractivity contribution in [3.05, 3.63) is 70.1 Å². The molecule has 0 saturated carbocycles. The number of methoxy groups -OCH3 is 1. The monoisotopic (exact) mass is 527 g/mol. The Morgan fingerprint density at radius 2 is 1.95 bits per heavy atom. The number of benzene rings is 2. The molecule has 2 aromatic carbocycles. The van der Waals surface area contributed by atoms with Gasteiger partial charge >= 0.3 is 6.29 Å². The summed E-state index contributed by atoms with van der Waals surface area (Å²) in [5.74, 6) is 0.661. The van der Waals surface area contributed by atoms with Crippen molar-refractivity contribution < 1.29 is 37.3 Å². The maximum atomic E-state index is 13.7. The van der Waals surface area contributed by atoms with Gasteiger partial charge in [-0.05, 0) is 31.2 Å². The number of amides is 1. The Morgan fingerprint density at radius 3 is 2.71 bits per heavy atom. The molecule has 1 aromatic heterocycles. The van der Waals surface area contributed by atoms with E-state index in [-0.39, 0.29) is 41.9 Å². The van der Waals surface area contributed by atoms with Gasteiger partial charge in [0.15, 0.2) is 11.5 Å². The van der Waals surface area contributed by atoms with Gasteiger partial charge in [-0.15, -0.1) is 8.78 Å². The van der Waals surface area contributed by atoms with Gasteiger partial charge in [0.2, 0.25) is 5.91 Å². The highest BCUT2D eigenvalue weighted by molar-refractivity contribution is 5.90. The second kappa shape index (κ2) is 8.61. The molecule has 0 bridgehead atoms. The summed E-state index contributed by atoms with van der Waals surface area (Å²) in [6, 6.07) is 10.4. The van der Waals surface area contributed by atoms with Crippen LogP contribution in [0.4, 0.5) is 8.78 Å². The van der Waals surface area contributed by atoms with Crippen LogP contribution in [0.1, 0.15) is 30.5 Å². The standard InChI is InChI=1S/C26H23F2N3O7/c1-25(13-35-20-11-22-21(10-17(20)25)37-26(27,28)38-22)24(33)30-18-8-15(12-31-23(32)4-3-7-29-31)36-19-9-14(34-2)5-6-16(18)19/h3-7,9-11,15,18H,8,12-13H2,1-2H3,(H,30,33)/t15-,18-,25-/m0/s1. The lowest BCUT2D eigenvalue weighted by atomic mass is 9.82. The molecule has 1 amide bonds. The van der Waals surface area contributed by atoms with Crippen LogP contribution in [0.3, 0.4) is 0 Å². The molecular weight excluding hydrogens is 504 g/mol. The Morgan fingerprint density at radius 1 is 1.16 bits per heavy atom. The molecule has 4 heterocycles. The Kier molecular flexibility index (Phi) is 5.44. The first-order valence-corrected chi connectivity index (χ1v) is 11.9. The zero-order valence-corrected chi connectivity index (χ0v) is 20.4. The van der Waals surface area contributed by atoms with Gasteiger partial charge in [0.25, 0.3) is 5.56 Å². The van der Waals surface area contributed by atoms with Crippen molar-refractivity contribution in [2.75, 3.05) is 13.7 Å². The highest BCUT2D eigenvalue weighted by Crippen LogP contribution is 2.50. The number of nitrogens with zero attached hydrogens (tertiary/aromatic N) is 2. The summed E-state index contributed by atoms with van der Waals surface area (Å²) in [7, 11) is 1.54. The number of rotatable bonds is 5. The number of aromatic nitrogens is 2. The quantitative estimate of drug-likeness (QED) is 0.540. The van der Waals surface area contributed by atoms with Crippen LogP contribution in [0.5, 0.6) is 28.7 Å². The third-order valence-corrected chi connectivity index (χ3v) is 6.97. The molecule has 0 radical (unpaired) electrons. The smallest absolute Gasteiger partial charge is 0.497 e. The first-order valence-electron chi connectivity index (χ1n) is 11.9. The minimum atomic E-state index is -3.78. The van der Waals surface area contributed by atoms with E-state index < -0.39 is 23.9 Å². The lowest BCUT2D eigenvalue weighted by Crippen LogP contribution is -2.47. The molecule has 0 aliphatic carbocycles. The fourth-order valence-corrected chi connectivity index (χ4v) is 4.95. The summed E-state index contributed by atoms with van der Waals surface area (Å²) in [6.07, 6.45) is -2.40. The van der Waals surface area contributed by atoms with Crippen LogP contribution in [-0.4, -0.2) is 41.8 Å². The van der Waals surface area contributed by atoms with Gasteiger partial charge in [-0.2, -0.15) is 5.10 Å². The first kappa shape index (κ1) is 24.0. The van der Waals surface area contributed by atoms with Crippen LogP contribution >= 0.6 is 0 Å². The van der Waals surface area contributed by atoms with Gasteiger partial charge in [-0.25, -0.2) is 4.68 Å². The molecule has 12 heteroatoms. The summed E-state index contributed by atoms with van der Waals surface area (Å²) in [4.78, 5) is 26.0. The van der Waals surface area contributed by atoms with Crippen LogP contribution in [0.25, 0.3) is 0 Å². The topological polar surface area (TPSA) is 110 Å². The number of nitrogens with one attached hydrogen (secondary N) is 1. The van der Waals surface area contributed by atoms with E-state index in [9.17, 15) is 18.4 Å². The molecule has 0 spiro atoms. The minimum Gasteiger partial charge on any atom is -0.497 e. The third-order valence-electron chi connectivity index (χ3n) is 6.97. The van der Waals surface area contributed by atoms with Gasteiger partial charge in [-0.1, -0.05) is 0 Å². The number of halogens is 2. The van der Waals surface area contributed by atoms with E-state index in [1.807, 2.05) is 6.07 Å². The number of alkyl halides is 2. The summed E-state index contributed by atoms with van der Waals surface area (Å²) in [6.45, 7) is 1.84. The predicted molar refractivity (Wildman–Crippen MR) is 127 cm³/mol. The molecule has 3 aromatic rings. The number of carbonyl (C=O) groups is 1. The van der Waals surface area contributed by atoms with Crippen molar-refractivity contribution in [1.29, 1.82) is 0 Å². The molecule has 3 aliphatic rings. The zero-order valence-electron chi connectivity index (χ0n) is 20.4. The summed E-state index contributed by atoms with van der Waals surface area (Å²) >= 11 is 0. The van der Waals surface area contributed by atoms with Crippen molar-refractivity contribution in [3.8, 4) is 28.7 Å². The summed E-state index contributed by atoms with van der Waals surface area (Å²) in [5.41, 5.74) is -0.320. The summed E-state index contributed by atoms with van der Waals surface area (Å²) < 4.78 is 54.8. The van der Waals surface area contributed by atoms with E-state index in [0.29, 0.717) is 23.5 Å². The fraction of sp³-hybridized carbons (Fsp3) is 0.346. The first-order chi connectivity index (χ1) is 18.1. The van der Waals surface area contributed by atoms with Crippen molar-refractivity contribution >= 4 is 5.91 Å². The number of hydrogen-bond acceptors (Lipinski definition) is 8. The molecule has 6 rings (SSSR count). The Hall–Kier alpha value is -4.35. The van der Waals surface area contributed by atoms with Crippen LogP contribution in [-0.2, 0) is 16.8 Å². The Bertz CT molecular complexity index is 1490. The molecule has 10 nitrogen and oxygen atoms in total. The highest BCUT2D eigenvalue weighted by Gasteiger charge is 2.49. The SMILES string of the molecule is COc1ccc2c(c1)O[C@H](Cn1ncccc1=O)C[C@@H]2NC(=O)[C@@]1(C)COc2cc3c(cc21)OC(F)(F)O3. The second-order valence-electron chi connectivity index (χ2n) is 9.53. The van der Waals surface area contributed by atoms with Crippen molar-refractivity contribution in [2.24, 2.45) is 0 Å². The van der Waals surface area contributed by atoms with E-state index in [2.05, 4.69) is 19.9 Å². The Balaban J connectivity index is 1.29. The van der Waals surface area contributed by atoms with Crippen LogP contribution in [0.2, 0.25) is 0 Å². The predicted octanol–water partition coefficient (Wildman–Crippen LogP) is 2.93. The maximum Gasteiger partial charge on any atom is 0.586 e. The second-order valence-corrected chi connectivity index (χ2v) is 9.53. The van der Waals surface area contributed by atoms with Gasteiger partial charge in [0, 0.05) is 41.9 Å². The largest absolute Gasteiger partial charge is 0.586 e. The molecule has 0 saturated heterocycles. The Labute approximate surface area is 215 Å². The molecule has 198 valence electrons. The number of hydrogen-bond donors (Lipinski definition) is 1. The van der Waals surface area contributed by atoms with E-state index in [1.54, 1.807) is 25.1 Å². The molecular formula is C26H23F2N3O7. The highest BCUT2D eigenvalue weighted by atomic mass is 19.3. The fourth-order valence-electron chi connectivity index (χ4n) is 4.95.